The lowest BCUT2D eigenvalue weighted by atomic mass is 10.1. The highest BCUT2D eigenvalue weighted by atomic mass is 32.2. The zero-order valence-electron chi connectivity index (χ0n) is 11.7. The monoisotopic (exact) mass is 284 g/mol. The first-order valence-electron chi connectivity index (χ1n) is 5.97. The first-order valence-corrected chi connectivity index (χ1v) is 7.86. The molecule has 0 saturated heterocycles. The van der Waals surface area contributed by atoms with Gasteiger partial charge in [0.2, 0.25) is 0 Å². The third-order valence-electron chi connectivity index (χ3n) is 2.59. The molecule has 0 aliphatic rings. The van der Waals surface area contributed by atoms with E-state index in [0.29, 0.717) is 18.0 Å². The fourth-order valence-electron chi connectivity index (χ4n) is 1.81. The van der Waals surface area contributed by atoms with Crippen molar-refractivity contribution in [3.05, 3.63) is 23.8 Å². The average molecular weight is 284 g/mol. The van der Waals surface area contributed by atoms with Crippen molar-refractivity contribution in [1.82, 2.24) is 4.90 Å². The highest BCUT2D eigenvalue weighted by molar-refractivity contribution is 7.90. The maximum absolute atomic E-state index is 12.2. The molecule has 2 N–H and O–H groups in total. The number of nitrogens with zero attached hydrogens (tertiary/aromatic N) is 1. The van der Waals surface area contributed by atoms with Crippen LogP contribution in [0.15, 0.2) is 23.1 Å². The van der Waals surface area contributed by atoms with Crippen molar-refractivity contribution in [3.63, 3.8) is 0 Å². The second kappa shape index (κ2) is 5.61. The normalized spacial score (nSPS) is 11.6. The number of anilines is 1. The van der Waals surface area contributed by atoms with Gasteiger partial charge in [0.15, 0.2) is 9.84 Å². The average Bonchev–Trinajstić information content (AvgIpc) is 2.25. The molecule has 0 bridgehead atoms. The number of benzene rings is 1. The lowest BCUT2D eigenvalue weighted by Crippen LogP contribution is -2.30. The molecule has 0 fully saturated rings. The van der Waals surface area contributed by atoms with Gasteiger partial charge in [0.1, 0.15) is 0 Å². The smallest absolute Gasteiger partial charge is 0.253 e. The van der Waals surface area contributed by atoms with Crippen LogP contribution < -0.4 is 5.73 Å². The first kappa shape index (κ1) is 15.5. The number of carbonyl (C=O) groups is 1. The Kier molecular flexibility index (Phi) is 4.57. The van der Waals surface area contributed by atoms with Crippen molar-refractivity contribution in [1.29, 1.82) is 0 Å². The number of sulfone groups is 1. The number of carbonyl (C=O) groups excluding carboxylic acids is 1. The maximum atomic E-state index is 12.2. The largest absolute Gasteiger partial charge is 0.399 e. The van der Waals surface area contributed by atoms with Gasteiger partial charge in [-0.3, -0.25) is 4.79 Å². The van der Waals surface area contributed by atoms with Crippen LogP contribution in [0.2, 0.25) is 0 Å². The van der Waals surface area contributed by atoms with Crippen molar-refractivity contribution in [2.45, 2.75) is 18.7 Å². The van der Waals surface area contributed by atoms with Crippen LogP contribution in [0.3, 0.4) is 0 Å². The van der Waals surface area contributed by atoms with E-state index in [1.165, 1.54) is 18.2 Å². The van der Waals surface area contributed by atoms with E-state index < -0.39 is 9.84 Å². The van der Waals surface area contributed by atoms with Crippen molar-refractivity contribution >= 4 is 21.4 Å². The SMILES string of the molecule is CC(C)CN(C)C(=O)c1cc(N)cc(S(C)(=O)=O)c1. The van der Waals surface area contributed by atoms with E-state index in [2.05, 4.69) is 0 Å². The van der Waals surface area contributed by atoms with Crippen LogP contribution in [-0.2, 0) is 9.84 Å². The summed E-state index contributed by atoms with van der Waals surface area (Å²) >= 11 is 0. The number of rotatable bonds is 4. The predicted octanol–water partition coefficient (Wildman–Crippen LogP) is 1.40. The number of hydrogen-bond acceptors (Lipinski definition) is 4. The first-order chi connectivity index (χ1) is 8.61. The molecule has 19 heavy (non-hydrogen) atoms. The van der Waals surface area contributed by atoms with E-state index in [-0.39, 0.29) is 16.5 Å². The Morgan fingerprint density at radius 2 is 1.89 bits per heavy atom. The van der Waals surface area contributed by atoms with Gasteiger partial charge in [0, 0.05) is 31.1 Å². The molecule has 0 aliphatic heterocycles. The Morgan fingerprint density at radius 1 is 1.32 bits per heavy atom. The Bertz CT molecular complexity index is 580. The molecular weight excluding hydrogens is 264 g/mol. The van der Waals surface area contributed by atoms with E-state index in [1.54, 1.807) is 11.9 Å². The van der Waals surface area contributed by atoms with E-state index in [4.69, 9.17) is 5.73 Å². The minimum atomic E-state index is -3.38. The van der Waals surface area contributed by atoms with Crippen LogP contribution in [0.1, 0.15) is 24.2 Å². The lowest BCUT2D eigenvalue weighted by Gasteiger charge is -2.19. The van der Waals surface area contributed by atoms with Crippen molar-refractivity contribution < 1.29 is 13.2 Å². The number of nitrogens with two attached hydrogens (primary N) is 1. The van der Waals surface area contributed by atoms with Crippen LogP contribution in [-0.4, -0.2) is 39.1 Å². The molecule has 0 atom stereocenters. The highest BCUT2D eigenvalue weighted by Crippen LogP contribution is 2.18. The molecule has 0 heterocycles. The van der Waals surface area contributed by atoms with Crippen LogP contribution in [0.5, 0.6) is 0 Å². The van der Waals surface area contributed by atoms with E-state index in [0.717, 1.165) is 6.26 Å². The zero-order valence-corrected chi connectivity index (χ0v) is 12.5. The van der Waals surface area contributed by atoms with Gasteiger partial charge in [-0.1, -0.05) is 13.8 Å². The quantitative estimate of drug-likeness (QED) is 0.847. The molecule has 0 spiro atoms. The molecule has 0 aromatic heterocycles. The summed E-state index contributed by atoms with van der Waals surface area (Å²) in [5.41, 5.74) is 6.22. The standard InChI is InChI=1S/C13H20N2O3S/c1-9(2)8-15(3)13(16)10-5-11(14)7-12(6-10)19(4,17)18/h5-7,9H,8,14H2,1-4H3. The molecule has 1 amide bonds. The maximum Gasteiger partial charge on any atom is 0.253 e. The molecule has 0 saturated carbocycles. The summed E-state index contributed by atoms with van der Waals surface area (Å²) in [5, 5.41) is 0. The summed E-state index contributed by atoms with van der Waals surface area (Å²) in [6.07, 6.45) is 1.09. The number of amides is 1. The minimum absolute atomic E-state index is 0.0637. The molecule has 6 heteroatoms. The Hall–Kier alpha value is -1.56. The molecule has 1 aromatic rings. The van der Waals surface area contributed by atoms with Gasteiger partial charge in [-0.15, -0.1) is 0 Å². The second-order valence-corrected chi connectivity index (χ2v) is 7.16. The van der Waals surface area contributed by atoms with Crippen LogP contribution in [0.4, 0.5) is 5.69 Å². The highest BCUT2D eigenvalue weighted by Gasteiger charge is 2.17. The molecule has 0 radical (unpaired) electrons. The van der Waals surface area contributed by atoms with Crippen molar-refractivity contribution in [3.8, 4) is 0 Å². The lowest BCUT2D eigenvalue weighted by molar-refractivity contribution is 0.0779. The van der Waals surface area contributed by atoms with Crippen molar-refractivity contribution in [2.75, 3.05) is 25.6 Å². The molecule has 106 valence electrons. The van der Waals surface area contributed by atoms with Gasteiger partial charge >= 0.3 is 0 Å². The molecule has 0 aliphatic carbocycles. The third kappa shape index (κ3) is 4.24. The molecule has 1 rings (SSSR count). The second-order valence-electron chi connectivity index (χ2n) is 5.14. The van der Waals surface area contributed by atoms with E-state index in [9.17, 15) is 13.2 Å². The summed E-state index contributed by atoms with van der Waals surface area (Å²) in [6, 6.07) is 4.22. The van der Waals surface area contributed by atoms with Gasteiger partial charge < -0.3 is 10.6 Å². The summed E-state index contributed by atoms with van der Waals surface area (Å²) in [7, 11) is -1.69. The fourth-order valence-corrected chi connectivity index (χ4v) is 2.50. The Labute approximate surface area is 114 Å². The molecule has 1 aromatic carbocycles. The minimum Gasteiger partial charge on any atom is -0.399 e. The molecule has 5 nitrogen and oxygen atoms in total. The van der Waals surface area contributed by atoms with E-state index >= 15 is 0 Å². The van der Waals surface area contributed by atoms with Gasteiger partial charge in [-0.05, 0) is 24.1 Å². The van der Waals surface area contributed by atoms with Gasteiger partial charge in [-0.25, -0.2) is 8.42 Å². The molecule has 0 unspecified atom stereocenters. The summed E-state index contributed by atoms with van der Waals surface area (Å²) in [6.45, 7) is 4.61. The van der Waals surface area contributed by atoms with Crippen LogP contribution in [0.25, 0.3) is 0 Å². The van der Waals surface area contributed by atoms with E-state index in [1.807, 2.05) is 13.8 Å². The summed E-state index contributed by atoms with van der Waals surface area (Å²) in [4.78, 5) is 13.8. The Balaban J connectivity index is 3.14. The van der Waals surface area contributed by atoms with Crippen molar-refractivity contribution in [2.24, 2.45) is 5.92 Å². The fraction of sp³-hybridized carbons (Fsp3) is 0.462. The number of hydrogen-bond donors (Lipinski definition) is 1. The summed E-state index contributed by atoms with van der Waals surface area (Å²) in [5.74, 6) is 0.107. The predicted molar refractivity (Wildman–Crippen MR) is 75.8 cm³/mol. The van der Waals surface area contributed by atoms with Crippen LogP contribution >= 0.6 is 0 Å². The van der Waals surface area contributed by atoms with Crippen LogP contribution in [0, 0.1) is 5.92 Å². The molecular formula is C13H20N2O3S. The Morgan fingerprint density at radius 3 is 2.37 bits per heavy atom. The van der Waals surface area contributed by atoms with Gasteiger partial charge in [0.05, 0.1) is 4.90 Å². The number of nitrogen functional groups attached to an aromatic ring is 1. The topological polar surface area (TPSA) is 80.5 Å². The summed E-state index contributed by atoms with van der Waals surface area (Å²) < 4.78 is 23.1. The van der Waals surface area contributed by atoms with Gasteiger partial charge in [0.25, 0.3) is 5.91 Å². The van der Waals surface area contributed by atoms with Gasteiger partial charge in [-0.2, -0.15) is 0 Å². The third-order valence-corrected chi connectivity index (χ3v) is 3.68. The zero-order chi connectivity index (χ0) is 14.8.